The topological polar surface area (TPSA) is 70.0 Å². The van der Waals surface area contributed by atoms with E-state index in [1.165, 1.54) is 11.3 Å². The predicted octanol–water partition coefficient (Wildman–Crippen LogP) is 0.600. The largest absolute Gasteiger partial charge is 0.359 e. The van der Waals surface area contributed by atoms with Crippen LogP contribution in [0.15, 0.2) is 28.3 Å². The normalized spacial score (nSPS) is 10.2. The second-order valence-electron chi connectivity index (χ2n) is 2.26. The minimum atomic E-state index is -0.369. The lowest BCUT2D eigenvalue weighted by atomic mass is 10.2. The Hall–Kier alpha value is -1.69. The molecule has 0 unspecified atom stereocenters. The van der Waals surface area contributed by atoms with E-state index in [9.17, 15) is 10.0 Å². The van der Waals surface area contributed by atoms with Crippen LogP contribution in [0.1, 0.15) is 15.4 Å². The molecule has 0 amide bonds. The predicted molar refractivity (Wildman–Crippen MR) is 43.2 cm³/mol. The first-order valence-corrected chi connectivity index (χ1v) is 4.30. The molecule has 2 rings (SSSR count). The fraction of sp³-hybridized carbons (Fsp3) is 0. The third-order valence-electron chi connectivity index (χ3n) is 1.47. The highest BCUT2D eigenvalue weighted by atomic mass is 32.1. The minimum Gasteiger partial charge on any atom is -0.359 e. The van der Waals surface area contributed by atoms with Gasteiger partial charge < -0.3 is 5.21 Å². The molecule has 2 aromatic rings. The maximum absolute atomic E-state index is 11.5. The van der Waals surface area contributed by atoms with E-state index in [0.29, 0.717) is 4.88 Å². The summed E-state index contributed by atoms with van der Waals surface area (Å²) in [5.74, 6) is -0.369. The van der Waals surface area contributed by atoms with Gasteiger partial charge in [0.1, 0.15) is 0 Å². The van der Waals surface area contributed by atoms with E-state index in [0.717, 1.165) is 6.20 Å². The van der Waals surface area contributed by atoms with Crippen LogP contribution in [-0.4, -0.2) is 10.9 Å². The molecule has 0 saturated heterocycles. The van der Waals surface area contributed by atoms with Crippen LogP contribution in [0.5, 0.6) is 0 Å². The van der Waals surface area contributed by atoms with Crippen LogP contribution in [0.25, 0.3) is 0 Å². The minimum absolute atomic E-state index is 0.0950. The molecule has 0 aliphatic carbocycles. The zero-order chi connectivity index (χ0) is 9.26. The summed E-state index contributed by atoms with van der Waals surface area (Å²) in [5, 5.41) is 15.8. The fourth-order valence-electron chi connectivity index (χ4n) is 0.883. The first kappa shape index (κ1) is 7.93. The molecule has 66 valence electrons. The first-order chi connectivity index (χ1) is 6.29. The average Bonchev–Trinajstić information content (AvgIpc) is 2.72. The number of aromatic nitrogens is 2. The van der Waals surface area contributed by atoms with E-state index in [4.69, 9.17) is 0 Å². The quantitative estimate of drug-likeness (QED) is 0.521. The second kappa shape index (κ2) is 2.98. The van der Waals surface area contributed by atoms with Crippen molar-refractivity contribution in [3.05, 3.63) is 39.5 Å². The molecule has 13 heavy (non-hydrogen) atoms. The Labute approximate surface area is 76.7 Å². The zero-order valence-electron chi connectivity index (χ0n) is 6.34. The molecular formula is C7H4N2O3S. The summed E-state index contributed by atoms with van der Waals surface area (Å²) in [4.78, 5) is 12.1. The van der Waals surface area contributed by atoms with Crippen molar-refractivity contribution >= 4 is 17.1 Å². The molecule has 0 aliphatic heterocycles. The molecule has 0 saturated carbocycles. The molecule has 0 fully saturated rings. The van der Waals surface area contributed by atoms with Crippen molar-refractivity contribution in [2.45, 2.75) is 0 Å². The van der Waals surface area contributed by atoms with Crippen LogP contribution in [0, 0.1) is 5.21 Å². The van der Waals surface area contributed by atoms with Gasteiger partial charge in [0.05, 0.1) is 4.88 Å². The van der Waals surface area contributed by atoms with E-state index in [1.807, 2.05) is 0 Å². The molecule has 0 aromatic carbocycles. The van der Waals surface area contributed by atoms with Crippen molar-refractivity contribution in [3.8, 4) is 0 Å². The van der Waals surface area contributed by atoms with Gasteiger partial charge in [-0.05, 0) is 16.3 Å². The number of hydrogen-bond donors (Lipinski definition) is 0. The van der Waals surface area contributed by atoms with E-state index in [1.54, 1.807) is 17.5 Å². The van der Waals surface area contributed by atoms with Gasteiger partial charge in [0.15, 0.2) is 0 Å². The Morgan fingerprint density at radius 1 is 1.69 bits per heavy atom. The monoisotopic (exact) mass is 196 g/mol. The molecule has 0 bridgehead atoms. The first-order valence-electron chi connectivity index (χ1n) is 3.42. The Bertz CT molecular complexity index is 421. The Balaban J connectivity index is 2.39. The molecule has 2 heterocycles. The number of carbonyl (C=O) groups excluding carboxylic acids is 1. The lowest BCUT2D eigenvalue weighted by Crippen LogP contribution is -2.30. The van der Waals surface area contributed by atoms with Crippen molar-refractivity contribution in [2.75, 3.05) is 0 Å². The van der Waals surface area contributed by atoms with Gasteiger partial charge in [0, 0.05) is 5.16 Å². The molecule has 0 spiro atoms. The molecule has 0 N–H and O–H groups in total. The third-order valence-corrected chi connectivity index (χ3v) is 2.34. The standard InChI is InChI=1S/C7H4N2O3S/c10-7(6-2-1-3-13-6)5-4-8-12-9(5)11/h1-4H. The Kier molecular flexibility index (Phi) is 1.82. The summed E-state index contributed by atoms with van der Waals surface area (Å²) >= 11 is 1.27. The van der Waals surface area contributed by atoms with E-state index < -0.39 is 0 Å². The Morgan fingerprint density at radius 3 is 3.08 bits per heavy atom. The zero-order valence-corrected chi connectivity index (χ0v) is 7.15. The summed E-state index contributed by atoms with van der Waals surface area (Å²) in [7, 11) is 0. The van der Waals surface area contributed by atoms with Crippen molar-refractivity contribution in [3.63, 3.8) is 0 Å². The average molecular weight is 196 g/mol. The van der Waals surface area contributed by atoms with Crippen molar-refractivity contribution in [2.24, 2.45) is 0 Å². The van der Waals surface area contributed by atoms with Crippen molar-refractivity contribution < 1.29 is 14.3 Å². The smallest absolute Gasteiger partial charge is 0.266 e. The van der Waals surface area contributed by atoms with Gasteiger partial charge in [0.2, 0.25) is 12.0 Å². The molecule has 0 atom stereocenters. The highest BCUT2D eigenvalue weighted by Crippen LogP contribution is 2.12. The number of hydrogen-bond acceptors (Lipinski definition) is 5. The molecule has 6 heteroatoms. The number of rotatable bonds is 2. The van der Waals surface area contributed by atoms with Gasteiger partial charge in [-0.25, -0.2) is 0 Å². The van der Waals surface area contributed by atoms with Crippen molar-refractivity contribution in [1.82, 2.24) is 5.16 Å². The van der Waals surface area contributed by atoms with Crippen molar-refractivity contribution in [1.29, 1.82) is 0 Å². The van der Waals surface area contributed by atoms with Gasteiger partial charge in [0.25, 0.3) is 5.69 Å². The number of thiophene rings is 1. The maximum Gasteiger partial charge on any atom is 0.266 e. The summed E-state index contributed by atoms with van der Waals surface area (Å²) in [6, 6.07) is 3.38. The SMILES string of the molecule is O=C(c1cccs1)c1cno[n+]1[O-]. The van der Waals surface area contributed by atoms with Gasteiger partial charge >= 0.3 is 0 Å². The molecule has 0 aliphatic rings. The van der Waals surface area contributed by atoms with E-state index in [2.05, 4.69) is 9.79 Å². The summed E-state index contributed by atoms with van der Waals surface area (Å²) < 4.78 is 4.18. The highest BCUT2D eigenvalue weighted by molar-refractivity contribution is 7.12. The molecule has 2 aromatic heterocycles. The van der Waals surface area contributed by atoms with Gasteiger partial charge in [-0.1, -0.05) is 6.07 Å². The van der Waals surface area contributed by atoms with Gasteiger partial charge in [-0.2, -0.15) is 0 Å². The van der Waals surface area contributed by atoms with Crippen LogP contribution in [-0.2, 0) is 0 Å². The van der Waals surface area contributed by atoms with Crippen LogP contribution in [0.2, 0.25) is 0 Å². The fourth-order valence-corrected chi connectivity index (χ4v) is 1.56. The molecule has 5 nitrogen and oxygen atoms in total. The van der Waals surface area contributed by atoms with Crippen LogP contribution in [0.4, 0.5) is 0 Å². The Morgan fingerprint density at radius 2 is 2.54 bits per heavy atom. The summed E-state index contributed by atoms with van der Waals surface area (Å²) in [5.41, 5.74) is -0.0950. The number of ketones is 1. The third kappa shape index (κ3) is 1.31. The summed E-state index contributed by atoms with van der Waals surface area (Å²) in [6.07, 6.45) is 1.11. The number of nitrogens with zero attached hydrogens (tertiary/aromatic N) is 2. The lowest BCUT2D eigenvalue weighted by Gasteiger charge is -1.90. The highest BCUT2D eigenvalue weighted by Gasteiger charge is 2.19. The van der Waals surface area contributed by atoms with Gasteiger partial charge in [-0.15, -0.1) is 11.3 Å². The second-order valence-corrected chi connectivity index (χ2v) is 3.21. The lowest BCUT2D eigenvalue weighted by molar-refractivity contribution is -0.803. The summed E-state index contributed by atoms with van der Waals surface area (Å²) in [6.45, 7) is 0. The number of carbonyl (C=O) groups is 1. The molecule has 0 radical (unpaired) electrons. The van der Waals surface area contributed by atoms with E-state index in [-0.39, 0.29) is 16.4 Å². The van der Waals surface area contributed by atoms with E-state index >= 15 is 0 Å². The van der Waals surface area contributed by atoms with Crippen LogP contribution >= 0.6 is 11.3 Å². The maximum atomic E-state index is 11.5. The van der Waals surface area contributed by atoms with Gasteiger partial charge in [-0.3, -0.25) is 9.42 Å². The van der Waals surface area contributed by atoms with Crippen LogP contribution in [0.3, 0.4) is 0 Å². The molecular weight excluding hydrogens is 192 g/mol. The van der Waals surface area contributed by atoms with Crippen LogP contribution < -0.4 is 4.90 Å².